The molecule has 1 aromatic rings. The summed E-state index contributed by atoms with van der Waals surface area (Å²) in [6.07, 6.45) is 5.63. The quantitative estimate of drug-likeness (QED) is 0.611. The second-order valence-electron chi connectivity index (χ2n) is 6.30. The van der Waals surface area contributed by atoms with E-state index in [1.807, 2.05) is 24.3 Å². The summed E-state index contributed by atoms with van der Waals surface area (Å²) in [5.41, 5.74) is 1.04. The normalized spacial score (nSPS) is 17.3. The first-order chi connectivity index (χ1) is 11.1. The Morgan fingerprint density at radius 3 is 2.74 bits per heavy atom. The molecule has 1 fully saturated rings. The molecule has 0 N–H and O–H groups in total. The predicted octanol–water partition coefficient (Wildman–Crippen LogP) is 3.90. The third-order valence-corrected chi connectivity index (χ3v) is 4.53. The van der Waals surface area contributed by atoms with Crippen LogP contribution in [0, 0.1) is 0 Å². The Balaban J connectivity index is 2.00. The van der Waals surface area contributed by atoms with Crippen LogP contribution in [-0.4, -0.2) is 29.9 Å². The third kappa shape index (κ3) is 5.08. The summed E-state index contributed by atoms with van der Waals surface area (Å²) in [6.45, 7) is 4.94. The number of amides is 1. The van der Waals surface area contributed by atoms with Crippen molar-refractivity contribution >= 4 is 11.9 Å². The van der Waals surface area contributed by atoms with Gasteiger partial charge in [-0.15, -0.1) is 0 Å². The van der Waals surface area contributed by atoms with Gasteiger partial charge in [0.05, 0.1) is 0 Å². The number of benzene rings is 1. The van der Waals surface area contributed by atoms with Crippen molar-refractivity contribution in [1.82, 2.24) is 4.90 Å². The van der Waals surface area contributed by atoms with Crippen LogP contribution in [-0.2, 0) is 9.59 Å². The third-order valence-electron chi connectivity index (χ3n) is 4.53. The van der Waals surface area contributed by atoms with E-state index >= 15 is 0 Å². The Morgan fingerprint density at radius 1 is 1.22 bits per heavy atom. The number of nitrogens with zero attached hydrogens (tertiary/aromatic N) is 1. The number of esters is 1. The SMILES string of the molecule is CCC(C)c1ccccc1OC(=O)CN1CCCCCCC1=O. The van der Waals surface area contributed by atoms with Crippen LogP contribution in [0.3, 0.4) is 0 Å². The maximum absolute atomic E-state index is 12.3. The van der Waals surface area contributed by atoms with Gasteiger partial charge in [0.1, 0.15) is 12.3 Å². The van der Waals surface area contributed by atoms with Crippen molar-refractivity contribution < 1.29 is 14.3 Å². The lowest BCUT2D eigenvalue weighted by molar-refractivity contribution is -0.143. The van der Waals surface area contributed by atoms with Crippen LogP contribution >= 0.6 is 0 Å². The standard InChI is InChI=1S/C19H27NO3/c1-3-15(2)16-10-7-8-11-17(16)23-19(22)14-20-13-9-5-4-6-12-18(20)21/h7-8,10-11,15H,3-6,9,12-14H2,1-2H3. The van der Waals surface area contributed by atoms with E-state index in [1.54, 1.807) is 4.90 Å². The monoisotopic (exact) mass is 317 g/mol. The first-order valence-electron chi connectivity index (χ1n) is 8.69. The minimum absolute atomic E-state index is 0.0493. The fourth-order valence-electron chi connectivity index (χ4n) is 2.89. The Kier molecular flexibility index (Phi) is 6.63. The summed E-state index contributed by atoms with van der Waals surface area (Å²) in [5.74, 6) is 0.667. The predicted molar refractivity (Wildman–Crippen MR) is 90.4 cm³/mol. The molecule has 2 rings (SSSR count). The summed E-state index contributed by atoms with van der Waals surface area (Å²) in [6, 6.07) is 7.66. The topological polar surface area (TPSA) is 46.6 Å². The van der Waals surface area contributed by atoms with Gasteiger partial charge in [-0.3, -0.25) is 4.79 Å². The van der Waals surface area contributed by atoms with Gasteiger partial charge in [-0.2, -0.15) is 0 Å². The van der Waals surface area contributed by atoms with Gasteiger partial charge in [-0.25, -0.2) is 4.79 Å². The van der Waals surface area contributed by atoms with Crippen molar-refractivity contribution in [2.45, 2.75) is 58.3 Å². The molecule has 0 spiro atoms. The first-order valence-corrected chi connectivity index (χ1v) is 8.69. The van der Waals surface area contributed by atoms with Crippen LogP contribution in [0.15, 0.2) is 24.3 Å². The van der Waals surface area contributed by atoms with Crippen molar-refractivity contribution in [2.75, 3.05) is 13.1 Å². The van der Waals surface area contributed by atoms with Crippen molar-refractivity contribution in [2.24, 2.45) is 0 Å². The van der Waals surface area contributed by atoms with Gasteiger partial charge >= 0.3 is 5.97 Å². The van der Waals surface area contributed by atoms with Crippen LogP contribution in [0.25, 0.3) is 0 Å². The van der Waals surface area contributed by atoms with E-state index in [1.165, 1.54) is 0 Å². The van der Waals surface area contributed by atoms with Crippen LogP contribution in [0.2, 0.25) is 0 Å². The zero-order valence-corrected chi connectivity index (χ0v) is 14.2. The van der Waals surface area contributed by atoms with Crippen molar-refractivity contribution in [3.8, 4) is 5.75 Å². The molecule has 126 valence electrons. The van der Waals surface area contributed by atoms with Crippen molar-refractivity contribution in [3.05, 3.63) is 29.8 Å². The van der Waals surface area contributed by atoms with E-state index < -0.39 is 0 Å². The molecule has 4 heteroatoms. The molecular formula is C19H27NO3. The summed E-state index contributed by atoms with van der Waals surface area (Å²) in [7, 11) is 0. The summed E-state index contributed by atoms with van der Waals surface area (Å²) >= 11 is 0. The fraction of sp³-hybridized carbons (Fsp3) is 0.579. The van der Waals surface area contributed by atoms with Crippen LogP contribution in [0.1, 0.15) is 63.9 Å². The molecule has 1 aromatic carbocycles. The molecule has 1 amide bonds. The number of ether oxygens (including phenoxy) is 1. The lowest BCUT2D eigenvalue weighted by Gasteiger charge is -2.24. The summed E-state index contributed by atoms with van der Waals surface area (Å²) < 4.78 is 5.56. The highest BCUT2D eigenvalue weighted by molar-refractivity contribution is 5.83. The molecule has 0 saturated carbocycles. The summed E-state index contributed by atoms with van der Waals surface area (Å²) in [5, 5.41) is 0. The van der Waals surface area contributed by atoms with E-state index in [4.69, 9.17) is 4.74 Å². The second-order valence-corrected chi connectivity index (χ2v) is 6.30. The summed E-state index contributed by atoms with van der Waals surface area (Å²) in [4.78, 5) is 26.0. The van der Waals surface area contributed by atoms with E-state index in [0.717, 1.165) is 37.7 Å². The number of carbonyl (C=O) groups is 2. The second kappa shape index (κ2) is 8.70. The number of rotatable bonds is 5. The van der Waals surface area contributed by atoms with E-state index in [2.05, 4.69) is 13.8 Å². The molecule has 1 heterocycles. The zero-order chi connectivity index (χ0) is 16.7. The van der Waals surface area contributed by atoms with E-state index in [0.29, 0.717) is 24.6 Å². The van der Waals surface area contributed by atoms with Crippen LogP contribution in [0.4, 0.5) is 0 Å². The molecule has 23 heavy (non-hydrogen) atoms. The molecule has 1 aliphatic rings. The lowest BCUT2D eigenvalue weighted by atomic mass is 9.98. The Labute approximate surface area is 138 Å². The van der Waals surface area contributed by atoms with Gasteiger partial charge in [-0.1, -0.05) is 44.9 Å². The Morgan fingerprint density at radius 2 is 1.96 bits per heavy atom. The number of para-hydroxylation sites is 1. The molecule has 1 unspecified atom stereocenters. The maximum Gasteiger partial charge on any atom is 0.331 e. The van der Waals surface area contributed by atoms with Crippen LogP contribution in [0.5, 0.6) is 5.75 Å². The molecule has 1 saturated heterocycles. The average molecular weight is 317 g/mol. The maximum atomic E-state index is 12.3. The van der Waals surface area contributed by atoms with Gasteiger partial charge in [0.2, 0.25) is 5.91 Å². The number of hydrogen-bond donors (Lipinski definition) is 0. The molecular weight excluding hydrogens is 290 g/mol. The van der Waals surface area contributed by atoms with Gasteiger partial charge in [0.25, 0.3) is 0 Å². The molecule has 4 nitrogen and oxygen atoms in total. The number of likely N-dealkylation sites (tertiary alicyclic amines) is 1. The Hall–Kier alpha value is -1.84. The molecule has 1 aliphatic heterocycles. The molecule has 1 atom stereocenters. The fourth-order valence-corrected chi connectivity index (χ4v) is 2.89. The minimum Gasteiger partial charge on any atom is -0.425 e. The number of carbonyl (C=O) groups excluding carboxylic acids is 2. The highest BCUT2D eigenvalue weighted by atomic mass is 16.5. The molecule has 0 aliphatic carbocycles. The van der Waals surface area contributed by atoms with Gasteiger partial charge in [0, 0.05) is 13.0 Å². The average Bonchev–Trinajstić information content (AvgIpc) is 2.54. The number of hydrogen-bond acceptors (Lipinski definition) is 3. The highest BCUT2D eigenvalue weighted by Crippen LogP contribution is 2.28. The largest absolute Gasteiger partial charge is 0.425 e. The molecule has 0 bridgehead atoms. The zero-order valence-electron chi connectivity index (χ0n) is 14.2. The lowest BCUT2D eigenvalue weighted by Crippen LogP contribution is -2.38. The van der Waals surface area contributed by atoms with Gasteiger partial charge in [-0.05, 0) is 36.8 Å². The van der Waals surface area contributed by atoms with Crippen LogP contribution < -0.4 is 4.74 Å². The molecule has 0 radical (unpaired) electrons. The molecule has 0 aromatic heterocycles. The van der Waals surface area contributed by atoms with Crippen molar-refractivity contribution in [1.29, 1.82) is 0 Å². The highest BCUT2D eigenvalue weighted by Gasteiger charge is 2.20. The first kappa shape index (κ1) is 17.5. The van der Waals surface area contributed by atoms with Gasteiger partial charge in [0.15, 0.2) is 0 Å². The van der Waals surface area contributed by atoms with E-state index in [9.17, 15) is 9.59 Å². The minimum atomic E-state index is -0.352. The smallest absolute Gasteiger partial charge is 0.331 e. The Bertz CT molecular complexity index is 541. The van der Waals surface area contributed by atoms with E-state index in [-0.39, 0.29) is 18.4 Å². The van der Waals surface area contributed by atoms with Crippen molar-refractivity contribution in [3.63, 3.8) is 0 Å². The van der Waals surface area contributed by atoms with Gasteiger partial charge < -0.3 is 9.64 Å².